The van der Waals surface area contributed by atoms with Gasteiger partial charge >= 0.3 is 6.03 Å². The number of ether oxygens (including phenoxy) is 2. The molecule has 3 rings (SSSR count). The summed E-state index contributed by atoms with van der Waals surface area (Å²) in [5.41, 5.74) is 4.38. The maximum Gasteiger partial charge on any atom is 0.319 e. The van der Waals surface area contributed by atoms with Crippen LogP contribution in [0.4, 0.5) is 10.5 Å². The number of urea groups is 1. The first kappa shape index (κ1) is 24.0. The van der Waals surface area contributed by atoms with Crippen molar-refractivity contribution < 1.29 is 14.3 Å². The van der Waals surface area contributed by atoms with Crippen LogP contribution in [0.3, 0.4) is 0 Å². The molecule has 32 heavy (non-hydrogen) atoms. The van der Waals surface area contributed by atoms with Crippen molar-refractivity contribution in [3.05, 3.63) is 53.1 Å². The Labute approximate surface area is 192 Å². The van der Waals surface area contributed by atoms with Crippen molar-refractivity contribution in [2.24, 2.45) is 0 Å². The maximum atomic E-state index is 13.0. The van der Waals surface area contributed by atoms with Crippen LogP contribution in [-0.2, 0) is 0 Å². The lowest BCUT2D eigenvalue weighted by atomic mass is 9.92. The Morgan fingerprint density at radius 2 is 1.59 bits per heavy atom. The molecular formula is C27H38N2O3. The Bertz CT molecular complexity index is 882. The van der Waals surface area contributed by atoms with Crippen LogP contribution in [0, 0.1) is 0 Å². The molecule has 1 aliphatic rings. The van der Waals surface area contributed by atoms with Gasteiger partial charge in [-0.15, -0.1) is 0 Å². The third kappa shape index (κ3) is 5.76. The summed E-state index contributed by atoms with van der Waals surface area (Å²) < 4.78 is 11.3. The molecule has 0 spiro atoms. The summed E-state index contributed by atoms with van der Waals surface area (Å²) in [6.07, 6.45) is 4.45. The van der Waals surface area contributed by atoms with Crippen molar-refractivity contribution >= 4 is 11.7 Å². The third-order valence-corrected chi connectivity index (χ3v) is 6.14. The van der Waals surface area contributed by atoms with E-state index >= 15 is 0 Å². The number of unbranched alkanes of at least 4 members (excludes halogenated alkanes) is 2. The molecule has 5 nitrogen and oxygen atoms in total. The summed E-state index contributed by atoms with van der Waals surface area (Å²) in [7, 11) is 0. The molecule has 0 aromatic heterocycles. The minimum Gasteiger partial charge on any atom is -0.454 e. The van der Waals surface area contributed by atoms with Gasteiger partial charge in [-0.2, -0.15) is 0 Å². The van der Waals surface area contributed by atoms with E-state index in [4.69, 9.17) is 9.47 Å². The van der Waals surface area contributed by atoms with Crippen LogP contribution in [0.2, 0.25) is 0 Å². The average molecular weight is 439 g/mol. The van der Waals surface area contributed by atoms with Gasteiger partial charge in [0, 0.05) is 23.7 Å². The van der Waals surface area contributed by atoms with Crippen molar-refractivity contribution in [3.63, 3.8) is 0 Å². The zero-order valence-corrected chi connectivity index (χ0v) is 20.2. The lowest BCUT2D eigenvalue weighted by Gasteiger charge is -2.22. The van der Waals surface area contributed by atoms with Gasteiger partial charge in [0.05, 0.1) is 0 Å². The van der Waals surface area contributed by atoms with Crippen LogP contribution >= 0.6 is 0 Å². The highest BCUT2D eigenvalue weighted by molar-refractivity contribution is 5.91. The molecule has 0 radical (unpaired) electrons. The second-order valence-corrected chi connectivity index (χ2v) is 9.23. The molecule has 0 fully saturated rings. The van der Waals surface area contributed by atoms with Crippen molar-refractivity contribution in [3.8, 4) is 11.5 Å². The molecule has 2 aromatic rings. The van der Waals surface area contributed by atoms with Gasteiger partial charge in [-0.05, 0) is 35.4 Å². The zero-order valence-electron chi connectivity index (χ0n) is 20.2. The second-order valence-electron chi connectivity index (χ2n) is 9.23. The van der Waals surface area contributed by atoms with E-state index in [-0.39, 0.29) is 18.7 Å². The Hall–Kier alpha value is -2.69. The first-order valence-corrected chi connectivity index (χ1v) is 12.0. The molecule has 0 unspecified atom stereocenters. The molecule has 1 aliphatic heterocycles. The smallest absolute Gasteiger partial charge is 0.319 e. The molecule has 2 amide bonds. The summed E-state index contributed by atoms with van der Waals surface area (Å²) in [4.78, 5) is 13.0. The van der Waals surface area contributed by atoms with Crippen molar-refractivity contribution in [2.45, 2.75) is 78.1 Å². The number of hydrogen-bond donors (Lipinski definition) is 2. The SMILES string of the molecule is CCCCC[C@@H](CNC(=O)Nc1c(C(C)C)cccc1C(C)C)c1cccc2c1OCO2. The van der Waals surface area contributed by atoms with Crippen LogP contribution in [0.25, 0.3) is 0 Å². The fourth-order valence-electron chi connectivity index (χ4n) is 4.35. The van der Waals surface area contributed by atoms with Gasteiger partial charge in [-0.25, -0.2) is 4.79 Å². The minimum absolute atomic E-state index is 0.162. The lowest BCUT2D eigenvalue weighted by molar-refractivity contribution is 0.173. The predicted octanol–water partition coefficient (Wildman–Crippen LogP) is 7.15. The number of para-hydroxylation sites is 2. The summed E-state index contributed by atoms with van der Waals surface area (Å²) in [6, 6.07) is 12.2. The van der Waals surface area contributed by atoms with Gasteiger partial charge in [0.1, 0.15) is 0 Å². The Kier molecular flexibility index (Phi) is 8.43. The third-order valence-electron chi connectivity index (χ3n) is 6.14. The molecule has 0 saturated carbocycles. The molecule has 1 atom stereocenters. The Morgan fingerprint density at radius 1 is 0.938 bits per heavy atom. The van der Waals surface area contributed by atoms with Gasteiger partial charge < -0.3 is 20.1 Å². The molecule has 2 N–H and O–H groups in total. The van der Waals surface area contributed by atoms with Gasteiger partial charge in [-0.3, -0.25) is 0 Å². The number of carbonyl (C=O) groups excluding carboxylic acids is 1. The highest BCUT2D eigenvalue weighted by atomic mass is 16.7. The lowest BCUT2D eigenvalue weighted by Crippen LogP contribution is -2.33. The van der Waals surface area contributed by atoms with E-state index in [0.717, 1.165) is 53.1 Å². The first-order chi connectivity index (χ1) is 15.4. The average Bonchev–Trinajstić information content (AvgIpc) is 3.25. The van der Waals surface area contributed by atoms with Gasteiger partial charge in [0.25, 0.3) is 0 Å². The molecular weight excluding hydrogens is 400 g/mol. The highest BCUT2D eigenvalue weighted by Crippen LogP contribution is 2.40. The number of hydrogen-bond acceptors (Lipinski definition) is 3. The predicted molar refractivity (Wildman–Crippen MR) is 131 cm³/mol. The van der Waals surface area contributed by atoms with E-state index < -0.39 is 0 Å². The second kappa shape index (κ2) is 11.3. The van der Waals surface area contributed by atoms with Crippen LogP contribution in [0.15, 0.2) is 36.4 Å². The van der Waals surface area contributed by atoms with Crippen molar-refractivity contribution in [1.29, 1.82) is 0 Å². The van der Waals surface area contributed by atoms with Crippen LogP contribution in [0.1, 0.15) is 94.7 Å². The summed E-state index contributed by atoms with van der Waals surface area (Å²) in [5, 5.41) is 6.30. The number of amides is 2. The Morgan fingerprint density at radius 3 is 2.25 bits per heavy atom. The molecule has 0 aliphatic carbocycles. The van der Waals surface area contributed by atoms with E-state index in [1.807, 2.05) is 12.1 Å². The Balaban J connectivity index is 1.75. The number of nitrogens with one attached hydrogen (secondary N) is 2. The first-order valence-electron chi connectivity index (χ1n) is 12.0. The van der Waals surface area contributed by atoms with Gasteiger partial charge in [0.2, 0.25) is 6.79 Å². The van der Waals surface area contributed by atoms with E-state index in [0.29, 0.717) is 18.4 Å². The fourth-order valence-corrected chi connectivity index (χ4v) is 4.35. The number of benzene rings is 2. The summed E-state index contributed by atoms with van der Waals surface area (Å²) in [5.74, 6) is 2.45. The monoisotopic (exact) mass is 438 g/mol. The quantitative estimate of drug-likeness (QED) is 0.387. The number of rotatable bonds is 10. The molecule has 1 heterocycles. The number of fused-ring (bicyclic) bond motifs is 1. The van der Waals surface area contributed by atoms with Crippen molar-refractivity contribution in [1.82, 2.24) is 5.32 Å². The molecule has 0 saturated heterocycles. The van der Waals surface area contributed by atoms with E-state index in [2.05, 4.69) is 69.5 Å². The largest absolute Gasteiger partial charge is 0.454 e. The zero-order chi connectivity index (χ0) is 23.1. The molecule has 2 aromatic carbocycles. The molecule has 0 bridgehead atoms. The van der Waals surface area contributed by atoms with E-state index in [1.165, 1.54) is 6.42 Å². The minimum atomic E-state index is -0.162. The topological polar surface area (TPSA) is 59.6 Å². The van der Waals surface area contributed by atoms with Crippen LogP contribution in [-0.4, -0.2) is 19.4 Å². The number of anilines is 1. The fraction of sp³-hybridized carbons (Fsp3) is 0.519. The molecule has 5 heteroatoms. The summed E-state index contributed by atoms with van der Waals surface area (Å²) >= 11 is 0. The van der Waals surface area contributed by atoms with E-state index in [9.17, 15) is 4.79 Å². The van der Waals surface area contributed by atoms with Crippen LogP contribution in [0.5, 0.6) is 11.5 Å². The molecule has 174 valence electrons. The number of carbonyl (C=O) groups is 1. The standard InChI is InChI=1S/C27H38N2O3/c1-6-7-8-11-20(23-14-10-15-24-26(23)32-17-31-24)16-28-27(30)29-25-21(18(2)3)12-9-13-22(25)19(4)5/h9-10,12-15,18-20H,6-8,11,16-17H2,1-5H3,(H2,28,29,30)/t20-/m0/s1. The maximum absolute atomic E-state index is 13.0. The van der Waals surface area contributed by atoms with Crippen LogP contribution < -0.4 is 20.1 Å². The van der Waals surface area contributed by atoms with Crippen molar-refractivity contribution in [2.75, 3.05) is 18.7 Å². The highest BCUT2D eigenvalue weighted by Gasteiger charge is 2.24. The van der Waals surface area contributed by atoms with E-state index in [1.54, 1.807) is 0 Å². The summed E-state index contributed by atoms with van der Waals surface area (Å²) in [6.45, 7) is 11.6. The normalized spacial score (nSPS) is 13.5. The van der Waals surface area contributed by atoms with Gasteiger partial charge in [-0.1, -0.05) is 84.2 Å². The van der Waals surface area contributed by atoms with Gasteiger partial charge in [0.15, 0.2) is 11.5 Å².